The van der Waals surface area contributed by atoms with Gasteiger partial charge in [-0.2, -0.15) is 0 Å². The van der Waals surface area contributed by atoms with E-state index in [9.17, 15) is 9.18 Å². The average molecular weight is 240 g/mol. The highest BCUT2D eigenvalue weighted by Gasteiger charge is 2.18. The summed E-state index contributed by atoms with van der Waals surface area (Å²) in [5.41, 5.74) is -0.432. The van der Waals surface area contributed by atoms with E-state index in [1.165, 1.54) is 19.2 Å². The van der Waals surface area contributed by atoms with Gasteiger partial charge in [-0.15, -0.1) is 0 Å². The van der Waals surface area contributed by atoms with Crippen LogP contribution in [0.15, 0.2) is 18.2 Å². The van der Waals surface area contributed by atoms with Crippen molar-refractivity contribution in [1.82, 2.24) is 0 Å². The van der Waals surface area contributed by atoms with Gasteiger partial charge in [0.2, 0.25) is 0 Å². The van der Waals surface area contributed by atoms with Crippen molar-refractivity contribution in [1.29, 1.82) is 0 Å². The van der Waals surface area contributed by atoms with E-state index in [1.54, 1.807) is 6.07 Å². The van der Waals surface area contributed by atoms with E-state index in [4.69, 9.17) is 9.47 Å². The molecule has 0 fully saturated rings. The van der Waals surface area contributed by atoms with Gasteiger partial charge in [-0.25, -0.2) is 4.39 Å². The van der Waals surface area contributed by atoms with Crippen LogP contribution in [-0.2, 0) is 4.74 Å². The topological polar surface area (TPSA) is 35.5 Å². The maximum Gasteiger partial charge on any atom is 0.191 e. The van der Waals surface area contributed by atoms with E-state index < -0.39 is 17.2 Å². The highest BCUT2D eigenvalue weighted by Crippen LogP contribution is 2.20. The molecule has 0 heterocycles. The number of methoxy groups -OCH3 is 1. The van der Waals surface area contributed by atoms with Gasteiger partial charge in [0.05, 0.1) is 18.3 Å². The summed E-state index contributed by atoms with van der Waals surface area (Å²) in [4.78, 5) is 11.8. The molecule has 1 aromatic carbocycles. The maximum absolute atomic E-state index is 13.7. The van der Waals surface area contributed by atoms with Gasteiger partial charge >= 0.3 is 0 Å². The van der Waals surface area contributed by atoms with Gasteiger partial charge < -0.3 is 9.47 Å². The van der Waals surface area contributed by atoms with Crippen LogP contribution < -0.4 is 4.74 Å². The minimum Gasteiger partial charge on any atom is -0.494 e. The van der Waals surface area contributed by atoms with Gasteiger partial charge in [0.15, 0.2) is 17.3 Å². The summed E-state index contributed by atoms with van der Waals surface area (Å²) in [6.07, 6.45) is 0. The number of rotatable bonds is 4. The molecule has 0 N–H and O–H groups in total. The quantitative estimate of drug-likeness (QED) is 0.759. The van der Waals surface area contributed by atoms with Crippen molar-refractivity contribution in [3.05, 3.63) is 29.6 Å². The van der Waals surface area contributed by atoms with Crippen LogP contribution in [0.2, 0.25) is 0 Å². The molecule has 0 amide bonds. The number of carbonyl (C=O) groups is 1. The van der Waals surface area contributed by atoms with Crippen molar-refractivity contribution in [2.75, 3.05) is 13.7 Å². The largest absolute Gasteiger partial charge is 0.494 e. The zero-order chi connectivity index (χ0) is 13.1. The summed E-state index contributed by atoms with van der Waals surface area (Å²) in [7, 11) is 1.36. The standard InChI is InChI=1S/C13H17FO3/c1-13(2,3)17-8-10(15)9-6-5-7-11(16-4)12(9)14/h5-7H,8H2,1-4H3. The Hall–Kier alpha value is -1.42. The summed E-state index contributed by atoms with van der Waals surface area (Å²) < 4.78 is 23.9. The first kappa shape index (κ1) is 13.6. The first-order valence-electron chi connectivity index (χ1n) is 5.35. The van der Waals surface area contributed by atoms with Crippen LogP contribution in [0.3, 0.4) is 0 Å². The predicted molar refractivity (Wildman–Crippen MR) is 63.0 cm³/mol. The van der Waals surface area contributed by atoms with Crippen molar-refractivity contribution in [2.45, 2.75) is 26.4 Å². The average Bonchev–Trinajstić information content (AvgIpc) is 2.25. The number of benzene rings is 1. The Morgan fingerprint density at radius 1 is 1.35 bits per heavy atom. The molecule has 0 aromatic heterocycles. The monoisotopic (exact) mass is 240 g/mol. The van der Waals surface area contributed by atoms with E-state index in [2.05, 4.69) is 0 Å². The molecule has 4 heteroatoms. The molecule has 1 rings (SSSR count). The number of hydrogen-bond acceptors (Lipinski definition) is 3. The fraction of sp³-hybridized carbons (Fsp3) is 0.462. The van der Waals surface area contributed by atoms with Crippen LogP contribution >= 0.6 is 0 Å². The Balaban J connectivity index is 2.83. The molecule has 0 saturated heterocycles. The van der Waals surface area contributed by atoms with Gasteiger partial charge in [-0.3, -0.25) is 4.79 Å². The Bertz CT molecular complexity index is 408. The highest BCUT2D eigenvalue weighted by atomic mass is 19.1. The Morgan fingerprint density at radius 2 is 2.00 bits per heavy atom. The summed E-state index contributed by atoms with van der Waals surface area (Å²) in [5, 5.41) is 0. The molecule has 0 bridgehead atoms. The molecule has 94 valence electrons. The number of ketones is 1. The van der Waals surface area contributed by atoms with Gasteiger partial charge in [0, 0.05) is 0 Å². The number of ether oxygens (including phenoxy) is 2. The van der Waals surface area contributed by atoms with Gasteiger partial charge in [-0.05, 0) is 32.9 Å². The molecule has 1 aromatic rings. The molecule has 0 radical (unpaired) electrons. The van der Waals surface area contributed by atoms with E-state index in [0.717, 1.165) is 0 Å². The molecule has 0 aliphatic heterocycles. The van der Waals surface area contributed by atoms with Crippen LogP contribution in [0, 0.1) is 5.82 Å². The summed E-state index contributed by atoms with van der Waals surface area (Å²) in [6.45, 7) is 5.36. The van der Waals surface area contributed by atoms with E-state index in [0.29, 0.717) is 0 Å². The first-order chi connectivity index (χ1) is 7.85. The molecule has 17 heavy (non-hydrogen) atoms. The van der Waals surface area contributed by atoms with Gasteiger partial charge in [-0.1, -0.05) is 6.07 Å². The van der Waals surface area contributed by atoms with E-state index in [-0.39, 0.29) is 17.9 Å². The fourth-order valence-corrected chi connectivity index (χ4v) is 1.24. The summed E-state index contributed by atoms with van der Waals surface area (Å²) in [5.74, 6) is -0.972. The third kappa shape index (κ3) is 3.82. The van der Waals surface area contributed by atoms with Crippen molar-refractivity contribution in [3.8, 4) is 5.75 Å². The van der Waals surface area contributed by atoms with Crippen molar-refractivity contribution in [2.24, 2.45) is 0 Å². The molecule has 0 spiro atoms. The van der Waals surface area contributed by atoms with E-state index >= 15 is 0 Å². The van der Waals surface area contributed by atoms with Crippen molar-refractivity contribution < 1.29 is 18.7 Å². The summed E-state index contributed by atoms with van der Waals surface area (Å²) >= 11 is 0. The lowest BCUT2D eigenvalue weighted by molar-refractivity contribution is 0.00288. The number of halogens is 1. The molecule has 0 aliphatic rings. The molecule has 0 atom stereocenters. The second kappa shape index (κ2) is 5.27. The molecular formula is C13H17FO3. The van der Waals surface area contributed by atoms with Crippen molar-refractivity contribution >= 4 is 5.78 Å². The third-order valence-corrected chi connectivity index (χ3v) is 2.12. The SMILES string of the molecule is COc1cccc(C(=O)COC(C)(C)C)c1F. The van der Waals surface area contributed by atoms with Crippen LogP contribution in [0.25, 0.3) is 0 Å². The van der Waals surface area contributed by atoms with Crippen LogP contribution in [-0.4, -0.2) is 25.1 Å². The van der Waals surface area contributed by atoms with Crippen LogP contribution in [0.1, 0.15) is 31.1 Å². The fourth-order valence-electron chi connectivity index (χ4n) is 1.24. The smallest absolute Gasteiger partial charge is 0.191 e. The lowest BCUT2D eigenvalue weighted by Gasteiger charge is -2.19. The minimum atomic E-state index is -0.641. The van der Waals surface area contributed by atoms with Gasteiger partial charge in [0.25, 0.3) is 0 Å². The summed E-state index contributed by atoms with van der Waals surface area (Å²) in [6, 6.07) is 4.47. The zero-order valence-electron chi connectivity index (χ0n) is 10.5. The first-order valence-corrected chi connectivity index (χ1v) is 5.35. The van der Waals surface area contributed by atoms with E-state index in [1.807, 2.05) is 20.8 Å². The second-order valence-electron chi connectivity index (χ2n) is 4.65. The number of hydrogen-bond donors (Lipinski definition) is 0. The molecular weight excluding hydrogens is 223 g/mol. The Morgan fingerprint density at radius 3 is 2.53 bits per heavy atom. The second-order valence-corrected chi connectivity index (χ2v) is 4.65. The predicted octanol–water partition coefficient (Wildman–Crippen LogP) is 2.83. The minimum absolute atomic E-state index is 0.00593. The lowest BCUT2D eigenvalue weighted by atomic mass is 10.1. The zero-order valence-corrected chi connectivity index (χ0v) is 10.5. The molecule has 0 saturated carbocycles. The number of carbonyl (C=O) groups excluding carboxylic acids is 1. The normalized spacial score (nSPS) is 11.4. The van der Waals surface area contributed by atoms with Crippen molar-refractivity contribution in [3.63, 3.8) is 0 Å². The van der Waals surface area contributed by atoms with Crippen LogP contribution in [0.4, 0.5) is 4.39 Å². The lowest BCUT2D eigenvalue weighted by Crippen LogP contribution is -2.24. The maximum atomic E-state index is 13.7. The molecule has 0 aliphatic carbocycles. The third-order valence-electron chi connectivity index (χ3n) is 2.12. The Labute approximate surface area is 101 Å². The van der Waals surface area contributed by atoms with Crippen LogP contribution in [0.5, 0.6) is 5.75 Å². The highest BCUT2D eigenvalue weighted by molar-refractivity contribution is 5.97. The molecule has 0 unspecified atom stereocenters. The van der Waals surface area contributed by atoms with Gasteiger partial charge in [0.1, 0.15) is 6.61 Å². The number of Topliss-reactive ketones (excluding diaryl/α,β-unsaturated/α-hetero) is 1. The Kier molecular flexibility index (Phi) is 4.23. The molecule has 3 nitrogen and oxygen atoms in total.